The highest BCUT2D eigenvalue weighted by Gasteiger charge is 2.46. The van der Waals surface area contributed by atoms with E-state index in [2.05, 4.69) is 11.8 Å². The van der Waals surface area contributed by atoms with Gasteiger partial charge < -0.3 is 14.9 Å². The van der Waals surface area contributed by atoms with E-state index in [-0.39, 0.29) is 12.6 Å². The number of aliphatic hydroxyl groups is 2. The molecule has 0 aliphatic carbocycles. The fourth-order valence-electron chi connectivity index (χ4n) is 3.38. The smallest absolute Gasteiger partial charge is 0.129 e. The number of para-hydroxylation sites is 1. The summed E-state index contributed by atoms with van der Waals surface area (Å²) in [6.45, 7) is 9.53. The number of fused-ring (bicyclic) bond motifs is 1. The average Bonchev–Trinajstić information content (AvgIpc) is 2.45. The quantitative estimate of drug-likeness (QED) is 0.873. The Morgan fingerprint density at radius 1 is 1.29 bits per heavy atom. The molecule has 4 heteroatoms. The standard InChI is InChI=1S/C17H27NO3/c1-5-12-8-7-9-13-14(20)16(18(6-2)10-11-19)17(3,4)21-15(12)13/h7-9,14,16,19-20H,5-6,10-11H2,1-4H3. The number of aryl methyl sites for hydroxylation is 1. The summed E-state index contributed by atoms with van der Waals surface area (Å²) >= 11 is 0. The zero-order valence-electron chi connectivity index (χ0n) is 13.5. The molecule has 1 heterocycles. The van der Waals surface area contributed by atoms with E-state index in [0.717, 1.165) is 29.8 Å². The minimum absolute atomic E-state index is 0.0784. The van der Waals surface area contributed by atoms with Crippen molar-refractivity contribution < 1.29 is 14.9 Å². The molecule has 1 aromatic carbocycles. The molecule has 2 rings (SSSR count). The Labute approximate surface area is 127 Å². The Hall–Kier alpha value is -1.10. The highest BCUT2D eigenvalue weighted by Crippen LogP contribution is 2.43. The molecule has 2 N–H and O–H groups in total. The van der Waals surface area contributed by atoms with Gasteiger partial charge in [0.05, 0.1) is 12.6 Å². The summed E-state index contributed by atoms with van der Waals surface area (Å²) in [5.74, 6) is 0.828. The molecule has 2 atom stereocenters. The van der Waals surface area contributed by atoms with Crippen LogP contribution in [-0.4, -0.2) is 46.5 Å². The van der Waals surface area contributed by atoms with Gasteiger partial charge in [0.2, 0.25) is 0 Å². The second-order valence-electron chi connectivity index (χ2n) is 6.14. The summed E-state index contributed by atoms with van der Waals surface area (Å²) in [4.78, 5) is 2.09. The van der Waals surface area contributed by atoms with Crippen molar-refractivity contribution in [2.75, 3.05) is 19.7 Å². The Kier molecular flexibility index (Phi) is 4.91. The second-order valence-corrected chi connectivity index (χ2v) is 6.14. The minimum atomic E-state index is -0.609. The van der Waals surface area contributed by atoms with Crippen molar-refractivity contribution in [2.24, 2.45) is 0 Å². The number of likely N-dealkylation sites (N-methyl/N-ethyl adjacent to an activating group) is 1. The SMILES string of the molecule is CCc1cccc2c1OC(C)(C)C(N(CC)CCO)C2O. The van der Waals surface area contributed by atoms with Crippen molar-refractivity contribution in [3.63, 3.8) is 0 Å². The van der Waals surface area contributed by atoms with Crippen LogP contribution in [-0.2, 0) is 6.42 Å². The third-order valence-corrected chi connectivity index (χ3v) is 4.39. The van der Waals surface area contributed by atoms with Gasteiger partial charge in [0.1, 0.15) is 17.5 Å². The molecule has 21 heavy (non-hydrogen) atoms. The molecule has 0 amide bonds. The lowest BCUT2D eigenvalue weighted by atomic mass is 9.83. The average molecular weight is 293 g/mol. The van der Waals surface area contributed by atoms with Gasteiger partial charge in [0.15, 0.2) is 0 Å². The molecule has 0 saturated carbocycles. The van der Waals surface area contributed by atoms with E-state index in [1.807, 2.05) is 39.0 Å². The van der Waals surface area contributed by atoms with E-state index in [0.29, 0.717) is 6.54 Å². The number of rotatable bonds is 5. The fourth-order valence-corrected chi connectivity index (χ4v) is 3.38. The van der Waals surface area contributed by atoms with E-state index in [1.54, 1.807) is 0 Å². The zero-order chi connectivity index (χ0) is 15.6. The summed E-state index contributed by atoms with van der Waals surface area (Å²) in [6, 6.07) is 5.79. The molecular formula is C17H27NO3. The summed E-state index contributed by atoms with van der Waals surface area (Å²) < 4.78 is 6.27. The molecule has 2 unspecified atom stereocenters. The number of ether oxygens (including phenoxy) is 1. The molecule has 1 aliphatic heterocycles. The van der Waals surface area contributed by atoms with Gasteiger partial charge >= 0.3 is 0 Å². The molecule has 1 aromatic rings. The highest BCUT2D eigenvalue weighted by molar-refractivity contribution is 5.46. The Morgan fingerprint density at radius 2 is 2.00 bits per heavy atom. The maximum absolute atomic E-state index is 10.9. The van der Waals surface area contributed by atoms with Crippen LogP contribution in [0.25, 0.3) is 0 Å². The van der Waals surface area contributed by atoms with Gasteiger partial charge in [-0.3, -0.25) is 4.90 Å². The Morgan fingerprint density at radius 3 is 2.57 bits per heavy atom. The number of aliphatic hydroxyl groups excluding tert-OH is 2. The van der Waals surface area contributed by atoms with Crippen LogP contribution in [0.15, 0.2) is 18.2 Å². The van der Waals surface area contributed by atoms with Gasteiger partial charge in [0.25, 0.3) is 0 Å². The van der Waals surface area contributed by atoms with Crippen LogP contribution in [0.4, 0.5) is 0 Å². The van der Waals surface area contributed by atoms with Gasteiger partial charge in [-0.25, -0.2) is 0 Å². The summed E-state index contributed by atoms with van der Waals surface area (Å²) in [5.41, 5.74) is 1.47. The molecule has 118 valence electrons. The van der Waals surface area contributed by atoms with Crippen molar-refractivity contribution in [3.05, 3.63) is 29.3 Å². The molecule has 4 nitrogen and oxygen atoms in total. The highest BCUT2D eigenvalue weighted by atomic mass is 16.5. The lowest BCUT2D eigenvalue weighted by molar-refractivity contribution is -0.0845. The maximum Gasteiger partial charge on any atom is 0.129 e. The lowest BCUT2D eigenvalue weighted by Crippen LogP contribution is -2.58. The molecule has 0 aromatic heterocycles. The van der Waals surface area contributed by atoms with Crippen molar-refractivity contribution in [3.8, 4) is 5.75 Å². The molecule has 0 spiro atoms. The first kappa shape index (κ1) is 16.3. The lowest BCUT2D eigenvalue weighted by Gasteiger charge is -2.48. The van der Waals surface area contributed by atoms with Crippen LogP contribution >= 0.6 is 0 Å². The molecule has 0 saturated heterocycles. The summed E-state index contributed by atoms with van der Waals surface area (Å²) in [5, 5.41) is 20.2. The molecular weight excluding hydrogens is 266 g/mol. The van der Waals surface area contributed by atoms with E-state index in [1.165, 1.54) is 0 Å². The number of benzene rings is 1. The normalized spacial score (nSPS) is 23.8. The topological polar surface area (TPSA) is 52.9 Å². The van der Waals surface area contributed by atoms with Crippen molar-refractivity contribution in [1.82, 2.24) is 4.90 Å². The van der Waals surface area contributed by atoms with E-state index in [4.69, 9.17) is 4.74 Å². The monoisotopic (exact) mass is 293 g/mol. The summed E-state index contributed by atoms with van der Waals surface area (Å²) in [7, 11) is 0. The van der Waals surface area contributed by atoms with Gasteiger partial charge in [-0.05, 0) is 32.4 Å². The third kappa shape index (κ3) is 2.93. The molecule has 0 radical (unpaired) electrons. The van der Waals surface area contributed by atoms with Crippen LogP contribution in [0, 0.1) is 0 Å². The summed E-state index contributed by atoms with van der Waals surface area (Å²) in [6.07, 6.45) is 0.270. The van der Waals surface area contributed by atoms with Crippen LogP contribution < -0.4 is 4.74 Å². The van der Waals surface area contributed by atoms with Crippen molar-refractivity contribution in [2.45, 2.75) is 51.9 Å². The second kappa shape index (κ2) is 6.34. The number of hydrogen-bond acceptors (Lipinski definition) is 4. The first-order valence-corrected chi connectivity index (χ1v) is 7.80. The molecule has 0 fully saturated rings. The van der Waals surface area contributed by atoms with Gasteiger partial charge in [0, 0.05) is 12.1 Å². The van der Waals surface area contributed by atoms with Crippen LogP contribution in [0.1, 0.15) is 44.9 Å². The van der Waals surface area contributed by atoms with Crippen LogP contribution in [0.2, 0.25) is 0 Å². The van der Waals surface area contributed by atoms with Gasteiger partial charge in [-0.2, -0.15) is 0 Å². The predicted octanol–water partition coefficient (Wildman–Crippen LogP) is 2.14. The van der Waals surface area contributed by atoms with Crippen LogP contribution in [0.5, 0.6) is 5.75 Å². The fraction of sp³-hybridized carbons (Fsp3) is 0.647. The Balaban J connectivity index is 2.45. The van der Waals surface area contributed by atoms with E-state index >= 15 is 0 Å². The zero-order valence-corrected chi connectivity index (χ0v) is 13.5. The van der Waals surface area contributed by atoms with Crippen LogP contribution in [0.3, 0.4) is 0 Å². The first-order valence-electron chi connectivity index (χ1n) is 7.80. The maximum atomic E-state index is 10.9. The molecule has 0 bridgehead atoms. The van der Waals surface area contributed by atoms with Gasteiger partial charge in [-0.15, -0.1) is 0 Å². The van der Waals surface area contributed by atoms with E-state index in [9.17, 15) is 10.2 Å². The largest absolute Gasteiger partial charge is 0.485 e. The first-order chi connectivity index (χ1) is 9.96. The van der Waals surface area contributed by atoms with Crippen molar-refractivity contribution in [1.29, 1.82) is 0 Å². The minimum Gasteiger partial charge on any atom is -0.485 e. The predicted molar refractivity (Wildman–Crippen MR) is 83.6 cm³/mol. The number of nitrogens with zero attached hydrogens (tertiary/aromatic N) is 1. The van der Waals surface area contributed by atoms with E-state index < -0.39 is 11.7 Å². The van der Waals surface area contributed by atoms with Gasteiger partial charge in [-0.1, -0.05) is 32.0 Å². The third-order valence-electron chi connectivity index (χ3n) is 4.39. The Bertz CT molecular complexity index is 487. The molecule has 1 aliphatic rings. The van der Waals surface area contributed by atoms with Crippen molar-refractivity contribution >= 4 is 0 Å². The number of hydrogen-bond donors (Lipinski definition) is 2.